The van der Waals surface area contributed by atoms with Crippen LogP contribution >= 0.6 is 34.2 Å². The van der Waals surface area contributed by atoms with Crippen LogP contribution in [0.5, 0.6) is 5.88 Å². The fourth-order valence-corrected chi connectivity index (χ4v) is 2.55. The summed E-state index contributed by atoms with van der Waals surface area (Å²) >= 11 is 8.12. The molecule has 6 heteroatoms. The highest BCUT2D eigenvalue weighted by Gasteiger charge is 2.14. The number of aliphatic hydroxyl groups is 1. The Labute approximate surface area is 129 Å². The van der Waals surface area contributed by atoms with Gasteiger partial charge in [0.1, 0.15) is 6.33 Å². The number of ether oxygens (including phenoxy) is 1. The molecule has 1 heterocycles. The maximum Gasteiger partial charge on any atom is 0.216 e. The number of rotatable bonds is 4. The Hall–Kier alpha value is -0.920. The third kappa shape index (κ3) is 3.77. The highest BCUT2D eigenvalue weighted by molar-refractivity contribution is 14.1. The predicted octanol–water partition coefficient (Wildman–Crippen LogP) is 3.02. The smallest absolute Gasteiger partial charge is 0.216 e. The van der Waals surface area contributed by atoms with E-state index in [-0.39, 0.29) is 0 Å². The molecule has 0 bridgehead atoms. The van der Waals surface area contributed by atoms with Gasteiger partial charge in [-0.3, -0.25) is 0 Å². The van der Waals surface area contributed by atoms with Crippen LogP contribution in [0.2, 0.25) is 5.02 Å². The van der Waals surface area contributed by atoms with Crippen LogP contribution in [0.1, 0.15) is 17.4 Å². The molecule has 0 aliphatic heterocycles. The number of halogens is 2. The average molecular weight is 391 g/mol. The van der Waals surface area contributed by atoms with Crippen molar-refractivity contribution in [3.8, 4) is 5.88 Å². The van der Waals surface area contributed by atoms with Crippen LogP contribution in [0.3, 0.4) is 0 Å². The van der Waals surface area contributed by atoms with Gasteiger partial charge in [0.25, 0.3) is 0 Å². The van der Waals surface area contributed by atoms with E-state index in [1.807, 2.05) is 6.07 Å². The summed E-state index contributed by atoms with van der Waals surface area (Å²) < 4.78 is 6.00. The van der Waals surface area contributed by atoms with Gasteiger partial charge in [-0.05, 0) is 46.4 Å². The van der Waals surface area contributed by atoms with Crippen molar-refractivity contribution in [3.05, 3.63) is 50.4 Å². The van der Waals surface area contributed by atoms with Crippen LogP contribution in [0, 0.1) is 3.57 Å². The Morgan fingerprint density at radius 2 is 2.16 bits per heavy atom. The zero-order chi connectivity index (χ0) is 13.8. The number of aliphatic hydroxyl groups excluding tert-OH is 1. The van der Waals surface area contributed by atoms with Crippen molar-refractivity contribution in [2.24, 2.45) is 0 Å². The molecule has 0 radical (unpaired) electrons. The highest BCUT2D eigenvalue weighted by Crippen LogP contribution is 2.26. The van der Waals surface area contributed by atoms with Gasteiger partial charge >= 0.3 is 0 Å². The Balaban J connectivity index is 2.20. The van der Waals surface area contributed by atoms with Gasteiger partial charge in [0, 0.05) is 21.1 Å². The Morgan fingerprint density at radius 1 is 1.37 bits per heavy atom. The van der Waals surface area contributed by atoms with Gasteiger partial charge in [0.2, 0.25) is 5.88 Å². The van der Waals surface area contributed by atoms with E-state index >= 15 is 0 Å². The zero-order valence-corrected chi connectivity index (χ0v) is 13.1. The molecule has 1 aromatic heterocycles. The number of hydrogen-bond donors (Lipinski definition) is 1. The highest BCUT2D eigenvalue weighted by atomic mass is 127. The van der Waals surface area contributed by atoms with Crippen LogP contribution in [-0.4, -0.2) is 22.2 Å². The van der Waals surface area contributed by atoms with Gasteiger partial charge in [0.15, 0.2) is 0 Å². The molecule has 0 saturated heterocycles. The zero-order valence-electron chi connectivity index (χ0n) is 10.2. The largest absolute Gasteiger partial charge is 0.481 e. The molecular formula is C13H12ClIN2O2. The van der Waals surface area contributed by atoms with Crippen molar-refractivity contribution in [1.82, 2.24) is 9.97 Å². The van der Waals surface area contributed by atoms with E-state index in [4.69, 9.17) is 16.3 Å². The molecule has 100 valence electrons. The van der Waals surface area contributed by atoms with Gasteiger partial charge in [-0.25, -0.2) is 9.97 Å². The SMILES string of the molecule is COc1cc(CC(O)c2cc(Cl)ccc2I)ncn1. The van der Waals surface area contributed by atoms with E-state index in [1.165, 1.54) is 6.33 Å². The Morgan fingerprint density at radius 3 is 2.89 bits per heavy atom. The summed E-state index contributed by atoms with van der Waals surface area (Å²) in [6.45, 7) is 0. The summed E-state index contributed by atoms with van der Waals surface area (Å²) in [7, 11) is 1.54. The molecule has 4 nitrogen and oxygen atoms in total. The molecule has 19 heavy (non-hydrogen) atoms. The molecule has 1 unspecified atom stereocenters. The van der Waals surface area contributed by atoms with Crippen LogP contribution in [0.25, 0.3) is 0 Å². The van der Waals surface area contributed by atoms with E-state index in [1.54, 1.807) is 25.3 Å². The fraction of sp³-hybridized carbons (Fsp3) is 0.231. The van der Waals surface area contributed by atoms with Gasteiger partial charge in [-0.15, -0.1) is 0 Å². The lowest BCUT2D eigenvalue weighted by Gasteiger charge is -2.13. The fourth-order valence-electron chi connectivity index (χ4n) is 1.68. The van der Waals surface area contributed by atoms with Crippen molar-refractivity contribution in [3.63, 3.8) is 0 Å². The first-order chi connectivity index (χ1) is 9.10. The molecule has 0 aliphatic carbocycles. The van der Waals surface area contributed by atoms with Gasteiger partial charge in [-0.1, -0.05) is 11.6 Å². The predicted molar refractivity (Wildman–Crippen MR) is 81.4 cm³/mol. The van der Waals surface area contributed by atoms with Crippen molar-refractivity contribution >= 4 is 34.2 Å². The first-order valence-corrected chi connectivity index (χ1v) is 7.03. The molecule has 2 aromatic rings. The molecular weight excluding hydrogens is 379 g/mol. The van der Waals surface area contributed by atoms with E-state index < -0.39 is 6.10 Å². The summed E-state index contributed by atoms with van der Waals surface area (Å²) in [6.07, 6.45) is 1.14. The van der Waals surface area contributed by atoms with Crippen molar-refractivity contribution in [1.29, 1.82) is 0 Å². The molecule has 1 N–H and O–H groups in total. The van der Waals surface area contributed by atoms with E-state index in [0.29, 0.717) is 17.3 Å². The maximum atomic E-state index is 10.3. The van der Waals surface area contributed by atoms with Crippen LogP contribution in [0.4, 0.5) is 0 Å². The number of methoxy groups -OCH3 is 1. The molecule has 0 saturated carbocycles. The lowest BCUT2D eigenvalue weighted by Crippen LogP contribution is -2.06. The lowest BCUT2D eigenvalue weighted by atomic mass is 10.0. The standard InChI is InChI=1S/C13H12ClIN2O2/c1-19-13-6-9(16-7-17-13)5-12(18)10-4-8(14)2-3-11(10)15/h2-4,6-7,12,18H,5H2,1H3. The second kappa shape index (κ2) is 6.49. The maximum absolute atomic E-state index is 10.3. The van der Waals surface area contributed by atoms with Gasteiger partial charge in [-0.2, -0.15) is 0 Å². The quantitative estimate of drug-likeness (QED) is 0.816. The number of nitrogens with zero attached hydrogens (tertiary/aromatic N) is 2. The van der Waals surface area contributed by atoms with E-state index in [0.717, 1.165) is 14.8 Å². The van der Waals surface area contributed by atoms with Crippen LogP contribution in [0.15, 0.2) is 30.6 Å². The molecule has 1 atom stereocenters. The molecule has 0 aliphatic rings. The summed E-state index contributed by atoms with van der Waals surface area (Å²) in [5.74, 6) is 0.484. The third-order valence-corrected chi connectivity index (χ3v) is 3.84. The van der Waals surface area contributed by atoms with Crippen molar-refractivity contribution in [2.45, 2.75) is 12.5 Å². The topological polar surface area (TPSA) is 55.2 Å². The average Bonchev–Trinajstić information content (AvgIpc) is 2.41. The van der Waals surface area contributed by atoms with Gasteiger partial charge in [0.05, 0.1) is 18.9 Å². The second-order valence-electron chi connectivity index (χ2n) is 3.94. The van der Waals surface area contributed by atoms with Crippen LogP contribution in [-0.2, 0) is 6.42 Å². The molecule has 1 aromatic carbocycles. The summed E-state index contributed by atoms with van der Waals surface area (Å²) in [5, 5.41) is 10.9. The van der Waals surface area contributed by atoms with E-state index in [9.17, 15) is 5.11 Å². The minimum absolute atomic E-state index is 0.384. The first-order valence-electron chi connectivity index (χ1n) is 5.58. The molecule has 2 rings (SSSR count). The summed E-state index contributed by atoms with van der Waals surface area (Å²) in [5.41, 5.74) is 1.51. The first kappa shape index (κ1) is 14.5. The molecule has 0 amide bonds. The summed E-state index contributed by atoms with van der Waals surface area (Å²) in [4.78, 5) is 8.05. The second-order valence-corrected chi connectivity index (χ2v) is 5.54. The lowest BCUT2D eigenvalue weighted by molar-refractivity contribution is 0.176. The number of hydrogen-bond acceptors (Lipinski definition) is 4. The van der Waals surface area contributed by atoms with Crippen molar-refractivity contribution in [2.75, 3.05) is 7.11 Å². The third-order valence-electron chi connectivity index (χ3n) is 2.63. The number of benzene rings is 1. The Kier molecular flexibility index (Phi) is 4.95. The molecule has 0 fully saturated rings. The monoisotopic (exact) mass is 390 g/mol. The van der Waals surface area contributed by atoms with Crippen LogP contribution < -0.4 is 4.74 Å². The minimum atomic E-state index is -0.662. The summed E-state index contributed by atoms with van der Waals surface area (Å²) in [6, 6.07) is 7.16. The normalized spacial score (nSPS) is 12.2. The van der Waals surface area contributed by atoms with Crippen molar-refractivity contribution < 1.29 is 9.84 Å². The van der Waals surface area contributed by atoms with Gasteiger partial charge < -0.3 is 9.84 Å². The molecule has 0 spiro atoms. The minimum Gasteiger partial charge on any atom is -0.481 e. The Bertz CT molecular complexity index is 580. The number of aromatic nitrogens is 2. The van der Waals surface area contributed by atoms with E-state index in [2.05, 4.69) is 32.6 Å².